The van der Waals surface area contributed by atoms with Crippen LogP contribution in [-0.4, -0.2) is 41.3 Å². The van der Waals surface area contributed by atoms with Crippen LogP contribution in [0.3, 0.4) is 0 Å². The van der Waals surface area contributed by atoms with Gasteiger partial charge in [-0.25, -0.2) is 14.6 Å². The maximum absolute atomic E-state index is 10.7. The van der Waals surface area contributed by atoms with Crippen LogP contribution >= 0.6 is 23.1 Å². The molecule has 0 radical (unpaired) electrons. The number of aliphatic carboxylic acids is 1. The topological polar surface area (TPSA) is 107 Å². The van der Waals surface area contributed by atoms with Gasteiger partial charge in [-0.1, -0.05) is 0 Å². The zero-order chi connectivity index (χ0) is 14.1. The zero-order valence-electron chi connectivity index (χ0n) is 10.2. The first-order valence-electron chi connectivity index (χ1n) is 5.50. The minimum atomic E-state index is -1.00. The molecule has 0 aliphatic carbocycles. The first kappa shape index (κ1) is 12.9. The zero-order valence-corrected chi connectivity index (χ0v) is 11.9. The van der Waals surface area contributed by atoms with Crippen LogP contribution in [-0.2, 0) is 11.3 Å². The highest BCUT2D eigenvalue weighted by molar-refractivity contribution is 7.99. The van der Waals surface area contributed by atoms with Crippen molar-refractivity contribution in [2.75, 3.05) is 0 Å². The first-order chi connectivity index (χ1) is 9.65. The van der Waals surface area contributed by atoms with Gasteiger partial charge in [0.15, 0.2) is 0 Å². The molecule has 20 heavy (non-hydrogen) atoms. The molecule has 1 N–H and O–H groups in total. The minimum absolute atomic E-state index is 0.285. The van der Waals surface area contributed by atoms with Gasteiger partial charge in [0.2, 0.25) is 5.16 Å². The van der Waals surface area contributed by atoms with Gasteiger partial charge in [-0.3, -0.25) is 4.79 Å². The molecule has 102 valence electrons. The fourth-order valence-corrected chi connectivity index (χ4v) is 3.50. The Hall–Kier alpha value is -2.07. The van der Waals surface area contributed by atoms with E-state index in [0.29, 0.717) is 5.16 Å². The minimum Gasteiger partial charge on any atom is -0.480 e. The van der Waals surface area contributed by atoms with Crippen molar-refractivity contribution in [1.82, 2.24) is 30.2 Å². The lowest BCUT2D eigenvalue weighted by atomic mass is 10.3. The van der Waals surface area contributed by atoms with Crippen LogP contribution in [0.5, 0.6) is 0 Å². The van der Waals surface area contributed by atoms with Crippen molar-refractivity contribution in [3.8, 4) is 0 Å². The molecule has 3 heterocycles. The van der Waals surface area contributed by atoms with Crippen molar-refractivity contribution >= 4 is 39.3 Å². The number of hydrogen-bond donors (Lipinski definition) is 1. The third kappa shape index (κ3) is 2.34. The molecule has 0 aliphatic rings. The predicted molar refractivity (Wildman–Crippen MR) is 71.7 cm³/mol. The summed E-state index contributed by atoms with van der Waals surface area (Å²) in [7, 11) is 0. The van der Waals surface area contributed by atoms with Gasteiger partial charge in [-0.15, -0.1) is 16.4 Å². The lowest BCUT2D eigenvalue weighted by molar-refractivity contribution is -0.138. The van der Waals surface area contributed by atoms with Crippen LogP contribution in [0.1, 0.15) is 5.56 Å². The Kier molecular flexibility index (Phi) is 3.32. The van der Waals surface area contributed by atoms with Crippen molar-refractivity contribution in [3.63, 3.8) is 0 Å². The van der Waals surface area contributed by atoms with E-state index in [1.54, 1.807) is 11.3 Å². The van der Waals surface area contributed by atoms with E-state index in [0.717, 1.165) is 20.8 Å². The SMILES string of the molecule is Cc1csc2c(Sc3nnnn3CC(=O)O)ncnc12. The average molecular weight is 308 g/mol. The predicted octanol–water partition coefficient (Wildman–Crippen LogP) is 1.22. The number of aryl methyl sites for hydroxylation is 1. The third-order valence-electron chi connectivity index (χ3n) is 2.47. The smallest absolute Gasteiger partial charge is 0.325 e. The quantitative estimate of drug-likeness (QED) is 0.717. The molecule has 0 unspecified atom stereocenters. The third-order valence-corrected chi connectivity index (χ3v) is 4.67. The molecule has 8 nitrogen and oxygen atoms in total. The fourth-order valence-electron chi connectivity index (χ4n) is 1.60. The van der Waals surface area contributed by atoms with Crippen LogP contribution in [0.15, 0.2) is 21.9 Å². The van der Waals surface area contributed by atoms with E-state index in [1.807, 2.05) is 12.3 Å². The second-order valence-electron chi connectivity index (χ2n) is 3.89. The average Bonchev–Trinajstić information content (AvgIpc) is 2.98. The summed E-state index contributed by atoms with van der Waals surface area (Å²) in [6, 6.07) is 0. The largest absolute Gasteiger partial charge is 0.480 e. The summed E-state index contributed by atoms with van der Waals surface area (Å²) in [4.78, 5) is 19.2. The number of rotatable bonds is 4. The van der Waals surface area contributed by atoms with Crippen LogP contribution in [0.25, 0.3) is 10.2 Å². The van der Waals surface area contributed by atoms with E-state index in [2.05, 4.69) is 25.5 Å². The Labute approximate surface area is 120 Å². The van der Waals surface area contributed by atoms with Gasteiger partial charge < -0.3 is 5.11 Å². The maximum Gasteiger partial charge on any atom is 0.325 e. The standard InChI is InChI=1S/C10H8N6O2S2/c1-5-3-19-8-7(5)11-4-12-9(8)20-10-13-14-15-16(10)2-6(17)18/h3-4H,2H2,1H3,(H,17,18). The molecule has 10 heteroatoms. The molecule has 0 amide bonds. The van der Waals surface area contributed by atoms with Gasteiger partial charge in [0.05, 0.1) is 10.2 Å². The number of fused-ring (bicyclic) bond motifs is 1. The van der Waals surface area contributed by atoms with Gasteiger partial charge in [0.25, 0.3) is 0 Å². The van der Waals surface area contributed by atoms with Gasteiger partial charge >= 0.3 is 5.97 Å². The lowest BCUT2D eigenvalue weighted by Gasteiger charge is -2.01. The number of carboxylic acids is 1. The Morgan fingerprint density at radius 2 is 2.35 bits per heavy atom. The molecule has 3 aromatic heterocycles. The van der Waals surface area contributed by atoms with Crippen molar-refractivity contribution in [2.24, 2.45) is 0 Å². The Morgan fingerprint density at radius 3 is 3.15 bits per heavy atom. The number of nitrogens with zero attached hydrogens (tertiary/aromatic N) is 6. The van der Waals surface area contributed by atoms with E-state index in [4.69, 9.17) is 5.11 Å². The van der Waals surface area contributed by atoms with Crippen molar-refractivity contribution in [1.29, 1.82) is 0 Å². The molecular weight excluding hydrogens is 300 g/mol. The number of aromatic nitrogens is 6. The molecule has 0 aromatic carbocycles. The van der Waals surface area contributed by atoms with Gasteiger partial charge in [-0.05, 0) is 40.1 Å². The number of tetrazole rings is 1. The number of thiophene rings is 1. The molecule has 0 spiro atoms. The summed E-state index contributed by atoms with van der Waals surface area (Å²) in [5, 5.41) is 22.9. The first-order valence-corrected chi connectivity index (χ1v) is 7.19. The second kappa shape index (κ2) is 5.13. The Bertz CT molecular complexity index is 783. The number of carboxylic acid groups (broad SMARTS) is 1. The van der Waals surface area contributed by atoms with Crippen LogP contribution in [0, 0.1) is 6.92 Å². The monoisotopic (exact) mass is 308 g/mol. The number of carbonyl (C=O) groups is 1. The molecule has 3 rings (SSSR count). The van der Waals surface area contributed by atoms with Crippen molar-refractivity contribution in [3.05, 3.63) is 17.3 Å². The highest BCUT2D eigenvalue weighted by atomic mass is 32.2. The molecule has 0 fully saturated rings. The fraction of sp³-hybridized carbons (Fsp3) is 0.200. The molecule has 0 aliphatic heterocycles. The van der Waals surface area contributed by atoms with Crippen molar-refractivity contribution < 1.29 is 9.90 Å². The molecule has 0 bridgehead atoms. The maximum atomic E-state index is 10.7. The molecule has 0 saturated carbocycles. The summed E-state index contributed by atoms with van der Waals surface area (Å²) in [5.41, 5.74) is 1.98. The summed E-state index contributed by atoms with van der Waals surface area (Å²) >= 11 is 2.77. The summed E-state index contributed by atoms with van der Waals surface area (Å²) < 4.78 is 2.17. The van der Waals surface area contributed by atoms with Gasteiger partial charge in [-0.2, -0.15) is 0 Å². The lowest BCUT2D eigenvalue weighted by Crippen LogP contribution is -2.11. The highest BCUT2D eigenvalue weighted by Crippen LogP contribution is 2.34. The Balaban J connectivity index is 1.97. The van der Waals surface area contributed by atoms with E-state index >= 15 is 0 Å². The van der Waals surface area contributed by atoms with Gasteiger partial charge in [0.1, 0.15) is 17.9 Å². The highest BCUT2D eigenvalue weighted by Gasteiger charge is 2.15. The molecule has 3 aromatic rings. The van der Waals surface area contributed by atoms with Crippen LogP contribution < -0.4 is 0 Å². The molecule has 0 saturated heterocycles. The van der Waals surface area contributed by atoms with Crippen molar-refractivity contribution in [2.45, 2.75) is 23.7 Å². The summed E-state index contributed by atoms with van der Waals surface area (Å²) in [6.45, 7) is 1.70. The summed E-state index contributed by atoms with van der Waals surface area (Å²) in [6.07, 6.45) is 1.48. The van der Waals surface area contributed by atoms with Crippen LogP contribution in [0.2, 0.25) is 0 Å². The van der Waals surface area contributed by atoms with E-state index in [1.165, 1.54) is 22.8 Å². The molecular formula is C10H8N6O2S2. The summed E-state index contributed by atoms with van der Waals surface area (Å²) in [5.74, 6) is -1.00. The Morgan fingerprint density at radius 1 is 1.50 bits per heavy atom. The van der Waals surface area contributed by atoms with Gasteiger partial charge in [0, 0.05) is 0 Å². The van der Waals surface area contributed by atoms with E-state index in [-0.39, 0.29) is 6.54 Å². The van der Waals surface area contributed by atoms with E-state index < -0.39 is 5.97 Å². The van der Waals surface area contributed by atoms with Crippen LogP contribution in [0.4, 0.5) is 0 Å². The molecule has 0 atom stereocenters. The number of hydrogen-bond acceptors (Lipinski definition) is 8. The second-order valence-corrected chi connectivity index (χ2v) is 5.73. The van der Waals surface area contributed by atoms with E-state index in [9.17, 15) is 4.79 Å². The normalized spacial score (nSPS) is 11.1.